The molecule has 1 aliphatic rings. The molecule has 0 aromatic carbocycles. The summed E-state index contributed by atoms with van der Waals surface area (Å²) in [6, 6.07) is 4.23. The number of allylic oxidation sites excluding steroid dienone is 2. The van der Waals surface area contributed by atoms with E-state index in [2.05, 4.69) is 64.4 Å². The predicted molar refractivity (Wildman–Crippen MR) is 84.7 cm³/mol. The Labute approximate surface area is 122 Å². The summed E-state index contributed by atoms with van der Waals surface area (Å²) >= 11 is 0. The van der Waals surface area contributed by atoms with Crippen LogP contribution in [0.5, 0.6) is 0 Å². The monoisotopic (exact) mass is 274 g/mol. The van der Waals surface area contributed by atoms with Crippen LogP contribution < -0.4 is 5.32 Å². The maximum absolute atomic E-state index is 4.39. The Bertz CT molecular complexity index is 473. The minimum Gasteiger partial charge on any atom is -0.356 e. The summed E-state index contributed by atoms with van der Waals surface area (Å²) in [7, 11) is 6.02. The van der Waals surface area contributed by atoms with Crippen molar-refractivity contribution < 1.29 is 0 Å². The van der Waals surface area contributed by atoms with Crippen LogP contribution >= 0.6 is 0 Å². The minimum atomic E-state index is 0.736. The first kappa shape index (κ1) is 14.7. The van der Waals surface area contributed by atoms with Gasteiger partial charge in [-0.2, -0.15) is 0 Å². The molecule has 0 saturated carbocycles. The highest BCUT2D eigenvalue weighted by Gasteiger charge is 2.13. The number of hydrogen-bond acceptors (Lipinski definition) is 1. The van der Waals surface area contributed by atoms with Gasteiger partial charge in [-0.3, -0.25) is 4.99 Å². The Kier molecular flexibility index (Phi) is 5.27. The molecule has 110 valence electrons. The van der Waals surface area contributed by atoms with Crippen LogP contribution in [0.25, 0.3) is 0 Å². The number of guanidine groups is 1. The average molecular weight is 274 g/mol. The van der Waals surface area contributed by atoms with E-state index >= 15 is 0 Å². The molecule has 4 heteroatoms. The summed E-state index contributed by atoms with van der Waals surface area (Å²) in [6.45, 7) is 1.88. The van der Waals surface area contributed by atoms with E-state index in [0.29, 0.717) is 0 Å². The van der Waals surface area contributed by atoms with E-state index < -0.39 is 0 Å². The van der Waals surface area contributed by atoms with Crippen LogP contribution in [0.1, 0.15) is 25.0 Å². The molecular formula is C16H26N4. The van der Waals surface area contributed by atoms with Crippen molar-refractivity contribution in [2.24, 2.45) is 18.0 Å². The number of aryl methyl sites for hydroxylation is 1. The summed E-state index contributed by atoms with van der Waals surface area (Å²) in [4.78, 5) is 6.56. The van der Waals surface area contributed by atoms with E-state index in [1.807, 2.05) is 7.05 Å². The Morgan fingerprint density at radius 3 is 2.95 bits per heavy atom. The van der Waals surface area contributed by atoms with Gasteiger partial charge in [0.2, 0.25) is 0 Å². The maximum Gasteiger partial charge on any atom is 0.193 e. The molecule has 1 N–H and O–H groups in total. The number of nitrogens with zero attached hydrogens (tertiary/aromatic N) is 3. The Morgan fingerprint density at radius 2 is 2.35 bits per heavy atom. The number of nitrogens with one attached hydrogen (secondary N) is 1. The van der Waals surface area contributed by atoms with Crippen molar-refractivity contribution in [3.05, 3.63) is 36.2 Å². The minimum absolute atomic E-state index is 0.736. The van der Waals surface area contributed by atoms with Crippen LogP contribution in [-0.2, 0) is 13.6 Å². The van der Waals surface area contributed by atoms with Crippen LogP contribution in [0.4, 0.5) is 0 Å². The number of aromatic nitrogens is 1. The highest BCUT2D eigenvalue weighted by molar-refractivity contribution is 5.79. The van der Waals surface area contributed by atoms with E-state index in [0.717, 1.165) is 25.0 Å². The molecule has 2 rings (SSSR count). The fraction of sp³-hybridized carbons (Fsp3) is 0.562. The topological polar surface area (TPSA) is 32.6 Å². The second-order valence-corrected chi connectivity index (χ2v) is 5.55. The number of aliphatic imine (C=N–C) groups is 1. The van der Waals surface area contributed by atoms with E-state index in [1.54, 1.807) is 0 Å². The lowest BCUT2D eigenvalue weighted by atomic mass is 9.94. The molecule has 1 aromatic heterocycles. The summed E-state index contributed by atoms with van der Waals surface area (Å²) in [5.74, 6) is 1.71. The van der Waals surface area contributed by atoms with E-state index in [9.17, 15) is 0 Å². The number of rotatable bonds is 4. The zero-order valence-electron chi connectivity index (χ0n) is 12.8. The predicted octanol–water partition coefficient (Wildman–Crippen LogP) is 2.39. The Hall–Kier alpha value is -1.71. The normalized spacial score (nSPS) is 19.1. The first-order valence-electron chi connectivity index (χ1n) is 7.37. The smallest absolute Gasteiger partial charge is 0.193 e. The van der Waals surface area contributed by atoms with Crippen LogP contribution in [0, 0.1) is 5.92 Å². The third-order valence-electron chi connectivity index (χ3n) is 3.95. The largest absolute Gasteiger partial charge is 0.356 e. The molecule has 0 bridgehead atoms. The molecule has 0 fully saturated rings. The van der Waals surface area contributed by atoms with Crippen LogP contribution in [-0.4, -0.2) is 36.1 Å². The fourth-order valence-electron chi connectivity index (χ4n) is 2.64. The second kappa shape index (κ2) is 7.17. The van der Waals surface area contributed by atoms with E-state index in [1.165, 1.54) is 25.0 Å². The molecule has 1 atom stereocenters. The SMILES string of the molecule is CN=C(NCC1CC=CCC1)N(C)Cc1cccn1C. The van der Waals surface area contributed by atoms with Gasteiger partial charge in [0, 0.05) is 39.6 Å². The molecule has 1 aliphatic carbocycles. The fourth-order valence-corrected chi connectivity index (χ4v) is 2.64. The van der Waals surface area contributed by atoms with Crippen LogP contribution in [0.3, 0.4) is 0 Å². The molecule has 1 aromatic rings. The lowest BCUT2D eigenvalue weighted by Gasteiger charge is -2.25. The van der Waals surface area contributed by atoms with Gasteiger partial charge in [0.05, 0.1) is 6.54 Å². The molecule has 4 nitrogen and oxygen atoms in total. The zero-order chi connectivity index (χ0) is 14.4. The molecule has 1 unspecified atom stereocenters. The van der Waals surface area contributed by atoms with Crippen molar-refractivity contribution in [3.63, 3.8) is 0 Å². The van der Waals surface area contributed by atoms with Gasteiger partial charge in [-0.05, 0) is 37.3 Å². The molecule has 1 heterocycles. The standard InChI is InChI=1S/C16H26N4/c1-17-16(18-12-14-8-5-4-6-9-14)20(3)13-15-10-7-11-19(15)2/h4-5,7,10-11,14H,6,8-9,12-13H2,1-3H3,(H,17,18). The van der Waals surface area contributed by atoms with Crippen molar-refractivity contribution >= 4 is 5.96 Å². The van der Waals surface area contributed by atoms with Crippen molar-refractivity contribution in [2.45, 2.75) is 25.8 Å². The van der Waals surface area contributed by atoms with Gasteiger partial charge in [0.1, 0.15) is 0 Å². The maximum atomic E-state index is 4.39. The van der Waals surface area contributed by atoms with Gasteiger partial charge >= 0.3 is 0 Å². The van der Waals surface area contributed by atoms with Gasteiger partial charge in [-0.25, -0.2) is 0 Å². The molecule has 0 saturated heterocycles. The van der Waals surface area contributed by atoms with Gasteiger partial charge < -0.3 is 14.8 Å². The first-order valence-corrected chi connectivity index (χ1v) is 7.37. The quantitative estimate of drug-likeness (QED) is 0.519. The third kappa shape index (κ3) is 3.89. The summed E-state index contributed by atoms with van der Waals surface area (Å²) in [5, 5.41) is 3.50. The third-order valence-corrected chi connectivity index (χ3v) is 3.95. The summed E-state index contributed by atoms with van der Waals surface area (Å²) < 4.78 is 2.15. The highest BCUT2D eigenvalue weighted by Crippen LogP contribution is 2.17. The van der Waals surface area contributed by atoms with Crippen LogP contribution in [0.2, 0.25) is 0 Å². The van der Waals surface area contributed by atoms with Gasteiger partial charge in [-0.15, -0.1) is 0 Å². The van der Waals surface area contributed by atoms with Crippen molar-refractivity contribution in [3.8, 4) is 0 Å². The van der Waals surface area contributed by atoms with E-state index in [4.69, 9.17) is 0 Å². The molecule has 0 aliphatic heterocycles. The second-order valence-electron chi connectivity index (χ2n) is 5.55. The van der Waals surface area contributed by atoms with Gasteiger partial charge in [-0.1, -0.05) is 12.2 Å². The lowest BCUT2D eigenvalue weighted by Crippen LogP contribution is -2.41. The van der Waals surface area contributed by atoms with Crippen molar-refractivity contribution in [2.75, 3.05) is 20.6 Å². The van der Waals surface area contributed by atoms with Gasteiger partial charge in [0.15, 0.2) is 5.96 Å². The average Bonchev–Trinajstić information content (AvgIpc) is 2.86. The van der Waals surface area contributed by atoms with Crippen molar-refractivity contribution in [1.82, 2.24) is 14.8 Å². The summed E-state index contributed by atoms with van der Waals surface area (Å²) in [5.41, 5.74) is 1.29. The molecule has 20 heavy (non-hydrogen) atoms. The highest BCUT2D eigenvalue weighted by atomic mass is 15.3. The Morgan fingerprint density at radius 1 is 1.50 bits per heavy atom. The van der Waals surface area contributed by atoms with E-state index in [-0.39, 0.29) is 0 Å². The summed E-state index contributed by atoms with van der Waals surface area (Å²) in [6.07, 6.45) is 10.3. The number of hydrogen-bond donors (Lipinski definition) is 1. The van der Waals surface area contributed by atoms with Crippen molar-refractivity contribution in [1.29, 1.82) is 0 Å². The molecular weight excluding hydrogens is 248 g/mol. The van der Waals surface area contributed by atoms with Gasteiger partial charge in [0.25, 0.3) is 0 Å². The van der Waals surface area contributed by atoms with Crippen LogP contribution in [0.15, 0.2) is 35.5 Å². The molecule has 0 radical (unpaired) electrons. The lowest BCUT2D eigenvalue weighted by molar-refractivity contribution is 0.429. The molecule has 0 spiro atoms. The zero-order valence-corrected chi connectivity index (χ0v) is 12.8. The molecule has 0 amide bonds. The Balaban J connectivity index is 1.84. The first-order chi connectivity index (χ1) is 9.70.